The molecule has 0 aliphatic heterocycles. The van der Waals surface area contributed by atoms with Crippen LogP contribution in [0.1, 0.15) is 13.8 Å². The second-order valence-corrected chi connectivity index (χ2v) is 4.55. The van der Waals surface area contributed by atoms with Gasteiger partial charge in [-0.25, -0.2) is 0 Å². The van der Waals surface area contributed by atoms with Crippen LogP contribution in [0.4, 0.5) is 0 Å². The Morgan fingerprint density at radius 1 is 1.33 bits per heavy atom. The molecular weight excluding hydrogens is 230 g/mol. The second-order valence-electron chi connectivity index (χ2n) is 4.55. The molecule has 0 spiro atoms. The van der Waals surface area contributed by atoms with Crippen molar-refractivity contribution in [2.24, 2.45) is 0 Å². The van der Waals surface area contributed by atoms with Gasteiger partial charge in [0.2, 0.25) is 0 Å². The summed E-state index contributed by atoms with van der Waals surface area (Å²) in [6.45, 7) is 4.67. The van der Waals surface area contributed by atoms with E-state index < -0.39 is 6.10 Å². The first kappa shape index (κ1) is 12.9. The highest BCUT2D eigenvalue weighted by molar-refractivity contribution is 5.26. The van der Waals surface area contributed by atoms with Crippen LogP contribution in [0.15, 0.2) is 36.9 Å². The Labute approximate surface area is 107 Å². The number of hydrogen-bond acceptors (Lipinski definition) is 3. The fourth-order valence-corrected chi connectivity index (χ4v) is 1.66. The molecule has 0 bridgehead atoms. The van der Waals surface area contributed by atoms with E-state index >= 15 is 0 Å². The molecule has 18 heavy (non-hydrogen) atoms. The zero-order valence-corrected chi connectivity index (χ0v) is 10.7. The summed E-state index contributed by atoms with van der Waals surface area (Å²) in [5, 5.41) is 14.0. The minimum Gasteiger partial charge on any atom is -0.389 e. The first-order chi connectivity index (χ1) is 8.65. The van der Waals surface area contributed by atoms with Crippen molar-refractivity contribution in [1.82, 2.24) is 14.3 Å². The topological polar surface area (TPSA) is 52.2 Å². The zero-order valence-electron chi connectivity index (χ0n) is 10.7. The summed E-state index contributed by atoms with van der Waals surface area (Å²) in [6, 6.07) is 3.92. The van der Waals surface area contributed by atoms with Gasteiger partial charge in [-0.2, -0.15) is 5.10 Å². The highest BCUT2D eigenvalue weighted by Crippen LogP contribution is 2.07. The molecule has 2 aromatic rings. The maximum Gasteiger partial charge on any atom is 0.0969 e. The second kappa shape index (κ2) is 5.84. The molecule has 0 aliphatic rings. The lowest BCUT2D eigenvalue weighted by Crippen LogP contribution is -2.24. The number of ether oxygens (including phenoxy) is 1. The largest absolute Gasteiger partial charge is 0.389 e. The van der Waals surface area contributed by atoms with Gasteiger partial charge in [-0.3, -0.25) is 4.68 Å². The summed E-state index contributed by atoms with van der Waals surface area (Å²) >= 11 is 0. The SMILES string of the molecule is CC(C)OCC(O)Cn1cc(-n2cccc2)cn1. The smallest absolute Gasteiger partial charge is 0.0969 e. The van der Waals surface area contributed by atoms with Crippen molar-refractivity contribution in [2.75, 3.05) is 6.61 Å². The Bertz CT molecular complexity index is 462. The Hall–Kier alpha value is -1.59. The summed E-state index contributed by atoms with van der Waals surface area (Å²) in [6.07, 6.45) is 7.19. The average Bonchev–Trinajstić information content (AvgIpc) is 2.95. The van der Waals surface area contributed by atoms with Crippen LogP contribution >= 0.6 is 0 Å². The average molecular weight is 249 g/mol. The Morgan fingerprint density at radius 2 is 2.06 bits per heavy atom. The van der Waals surface area contributed by atoms with Crippen molar-refractivity contribution < 1.29 is 9.84 Å². The molecule has 0 radical (unpaired) electrons. The van der Waals surface area contributed by atoms with Gasteiger partial charge >= 0.3 is 0 Å². The van der Waals surface area contributed by atoms with E-state index in [0.717, 1.165) is 5.69 Å². The molecule has 0 saturated heterocycles. The van der Waals surface area contributed by atoms with Crippen molar-refractivity contribution in [3.8, 4) is 5.69 Å². The molecule has 0 amide bonds. The predicted molar refractivity (Wildman–Crippen MR) is 68.6 cm³/mol. The van der Waals surface area contributed by atoms with Gasteiger partial charge in [-0.1, -0.05) is 0 Å². The van der Waals surface area contributed by atoms with Crippen LogP contribution in [0.3, 0.4) is 0 Å². The molecule has 1 atom stereocenters. The molecule has 0 aliphatic carbocycles. The molecule has 0 fully saturated rings. The molecule has 0 aromatic carbocycles. The summed E-state index contributed by atoms with van der Waals surface area (Å²) in [5.41, 5.74) is 0.983. The lowest BCUT2D eigenvalue weighted by atomic mass is 10.3. The number of hydrogen-bond donors (Lipinski definition) is 1. The minimum atomic E-state index is -0.537. The maximum absolute atomic E-state index is 9.80. The van der Waals surface area contributed by atoms with E-state index in [9.17, 15) is 5.11 Å². The molecule has 98 valence electrons. The molecule has 1 N–H and O–H groups in total. The summed E-state index contributed by atoms with van der Waals surface area (Å²) in [5.74, 6) is 0. The van der Waals surface area contributed by atoms with Gasteiger partial charge in [0, 0.05) is 18.6 Å². The van der Waals surface area contributed by atoms with Gasteiger partial charge in [0.1, 0.15) is 0 Å². The number of aromatic nitrogens is 3. The monoisotopic (exact) mass is 249 g/mol. The third kappa shape index (κ3) is 3.45. The molecule has 2 heterocycles. The van der Waals surface area contributed by atoms with E-state index in [1.54, 1.807) is 10.9 Å². The molecule has 5 heteroatoms. The number of aliphatic hydroxyl groups excluding tert-OH is 1. The minimum absolute atomic E-state index is 0.132. The molecule has 2 aromatic heterocycles. The van der Waals surface area contributed by atoms with E-state index in [-0.39, 0.29) is 6.10 Å². The van der Waals surface area contributed by atoms with E-state index in [1.165, 1.54) is 0 Å². The van der Waals surface area contributed by atoms with E-state index in [0.29, 0.717) is 13.2 Å². The Balaban J connectivity index is 1.90. The van der Waals surface area contributed by atoms with Crippen LogP contribution in [0.2, 0.25) is 0 Å². The lowest BCUT2D eigenvalue weighted by molar-refractivity contribution is -0.00201. The fraction of sp³-hybridized carbons (Fsp3) is 0.462. The molecule has 1 unspecified atom stereocenters. The number of aliphatic hydroxyl groups is 1. The molecule has 0 saturated carbocycles. The highest BCUT2D eigenvalue weighted by Gasteiger charge is 2.08. The molecule has 2 rings (SSSR count). The fourth-order valence-electron chi connectivity index (χ4n) is 1.66. The van der Waals surface area contributed by atoms with Crippen LogP contribution in [0.25, 0.3) is 5.69 Å². The van der Waals surface area contributed by atoms with Crippen molar-refractivity contribution in [1.29, 1.82) is 0 Å². The van der Waals surface area contributed by atoms with Crippen LogP contribution in [-0.2, 0) is 11.3 Å². The maximum atomic E-state index is 9.80. The van der Waals surface area contributed by atoms with Gasteiger partial charge in [-0.15, -0.1) is 0 Å². The van der Waals surface area contributed by atoms with Gasteiger partial charge in [0.05, 0.1) is 37.2 Å². The van der Waals surface area contributed by atoms with Crippen LogP contribution in [-0.4, -0.2) is 38.3 Å². The van der Waals surface area contributed by atoms with Crippen molar-refractivity contribution in [3.05, 3.63) is 36.9 Å². The molecular formula is C13H19N3O2. The van der Waals surface area contributed by atoms with Gasteiger partial charge < -0.3 is 14.4 Å². The zero-order chi connectivity index (χ0) is 13.0. The van der Waals surface area contributed by atoms with E-state index in [2.05, 4.69) is 5.10 Å². The first-order valence-corrected chi connectivity index (χ1v) is 6.10. The number of nitrogens with zero attached hydrogens (tertiary/aromatic N) is 3. The Morgan fingerprint density at radius 3 is 2.72 bits per heavy atom. The van der Waals surface area contributed by atoms with Crippen molar-refractivity contribution in [3.63, 3.8) is 0 Å². The van der Waals surface area contributed by atoms with E-state index in [4.69, 9.17) is 4.74 Å². The first-order valence-electron chi connectivity index (χ1n) is 6.10. The third-order valence-electron chi connectivity index (χ3n) is 2.54. The number of rotatable bonds is 6. The lowest BCUT2D eigenvalue weighted by Gasteiger charge is -2.13. The normalized spacial score (nSPS) is 13.1. The van der Waals surface area contributed by atoms with Crippen LogP contribution in [0.5, 0.6) is 0 Å². The van der Waals surface area contributed by atoms with Gasteiger partial charge in [-0.05, 0) is 26.0 Å². The van der Waals surface area contributed by atoms with Crippen LogP contribution < -0.4 is 0 Å². The predicted octanol–water partition coefficient (Wildman–Crippen LogP) is 1.46. The Kier molecular flexibility index (Phi) is 4.17. The summed E-state index contributed by atoms with van der Waals surface area (Å²) in [4.78, 5) is 0. The van der Waals surface area contributed by atoms with E-state index in [1.807, 2.05) is 49.1 Å². The van der Waals surface area contributed by atoms with Crippen LogP contribution in [0, 0.1) is 0 Å². The standard InChI is InChI=1S/C13H19N3O2/c1-11(2)18-10-13(17)9-16-8-12(7-14-16)15-5-3-4-6-15/h3-8,11,13,17H,9-10H2,1-2H3. The summed E-state index contributed by atoms with van der Waals surface area (Å²) < 4.78 is 9.06. The quantitative estimate of drug-likeness (QED) is 0.843. The van der Waals surface area contributed by atoms with Crippen molar-refractivity contribution >= 4 is 0 Å². The van der Waals surface area contributed by atoms with Crippen molar-refractivity contribution in [2.45, 2.75) is 32.6 Å². The third-order valence-corrected chi connectivity index (χ3v) is 2.54. The molecule has 5 nitrogen and oxygen atoms in total. The summed E-state index contributed by atoms with van der Waals surface area (Å²) in [7, 11) is 0. The van der Waals surface area contributed by atoms with Gasteiger partial charge in [0.25, 0.3) is 0 Å². The van der Waals surface area contributed by atoms with Gasteiger partial charge in [0.15, 0.2) is 0 Å². The highest BCUT2D eigenvalue weighted by atomic mass is 16.5.